The summed E-state index contributed by atoms with van der Waals surface area (Å²) < 4.78 is 27.3. The Morgan fingerprint density at radius 2 is 1.92 bits per heavy atom. The smallest absolute Gasteiger partial charge is 0.336 e. The number of benzene rings is 1. The molecule has 132 valence electrons. The first-order chi connectivity index (χ1) is 11.7. The maximum Gasteiger partial charge on any atom is 0.336 e. The van der Waals surface area contributed by atoms with Crippen molar-refractivity contribution in [3.63, 3.8) is 0 Å². The third-order valence-electron chi connectivity index (χ3n) is 4.07. The number of fused-ring (bicyclic) bond motifs is 1. The normalized spacial score (nSPS) is 18.0. The number of nitrogens with zero attached hydrogens (tertiary/aromatic N) is 2. The Labute approximate surface area is 149 Å². The quantitative estimate of drug-likeness (QED) is 0.881. The van der Waals surface area contributed by atoms with E-state index in [0.717, 1.165) is 17.4 Å². The molecular weight excluding hydrogens is 364 g/mol. The van der Waals surface area contributed by atoms with Gasteiger partial charge >= 0.3 is 5.97 Å². The molecule has 3 rings (SSSR count). The standard InChI is InChI=1S/C16H16N2O5S2/c1-10-8-18(13-6-4-3-5-12(13)17(2)15(10)19)25(22,23)14-7-11(9-24-14)16(20)21/h3-7,9-10H,8H2,1-2H3,(H,20,21). The summed E-state index contributed by atoms with van der Waals surface area (Å²) in [6.45, 7) is 1.66. The molecule has 0 bridgehead atoms. The van der Waals surface area contributed by atoms with Gasteiger partial charge in [-0.25, -0.2) is 13.2 Å². The average Bonchev–Trinajstić information content (AvgIpc) is 3.06. The second kappa shape index (κ2) is 6.16. The number of aromatic carboxylic acids is 1. The highest BCUT2D eigenvalue weighted by Crippen LogP contribution is 2.37. The van der Waals surface area contributed by atoms with Crippen LogP contribution in [0.25, 0.3) is 0 Å². The average molecular weight is 380 g/mol. The number of anilines is 2. The molecule has 0 spiro atoms. The van der Waals surface area contributed by atoms with Gasteiger partial charge in [-0.1, -0.05) is 19.1 Å². The van der Waals surface area contributed by atoms with Crippen LogP contribution in [0.1, 0.15) is 17.3 Å². The molecule has 1 aliphatic rings. The highest BCUT2D eigenvalue weighted by Gasteiger charge is 2.36. The van der Waals surface area contributed by atoms with E-state index >= 15 is 0 Å². The van der Waals surface area contributed by atoms with Gasteiger partial charge in [0, 0.05) is 19.0 Å². The zero-order valence-electron chi connectivity index (χ0n) is 13.5. The van der Waals surface area contributed by atoms with Gasteiger partial charge in [0.2, 0.25) is 5.91 Å². The number of rotatable bonds is 3. The fourth-order valence-electron chi connectivity index (χ4n) is 2.73. The van der Waals surface area contributed by atoms with E-state index in [4.69, 9.17) is 5.11 Å². The van der Waals surface area contributed by atoms with E-state index in [9.17, 15) is 18.0 Å². The van der Waals surface area contributed by atoms with Crippen LogP contribution in [0.4, 0.5) is 11.4 Å². The van der Waals surface area contributed by atoms with Crippen molar-refractivity contribution in [1.29, 1.82) is 0 Å². The number of amides is 1. The van der Waals surface area contributed by atoms with Crippen LogP contribution in [-0.2, 0) is 14.8 Å². The molecule has 7 nitrogen and oxygen atoms in total. The molecule has 1 aromatic heterocycles. The predicted octanol–water partition coefficient (Wildman–Crippen LogP) is 2.25. The lowest BCUT2D eigenvalue weighted by Crippen LogP contribution is -2.37. The first-order valence-corrected chi connectivity index (χ1v) is 9.76. The minimum absolute atomic E-state index is 0.0111. The number of hydrogen-bond donors (Lipinski definition) is 1. The lowest BCUT2D eigenvalue weighted by Gasteiger charge is -2.24. The molecule has 1 unspecified atom stereocenters. The topological polar surface area (TPSA) is 95.0 Å². The van der Waals surface area contributed by atoms with Gasteiger partial charge in [0.25, 0.3) is 10.0 Å². The van der Waals surface area contributed by atoms with Gasteiger partial charge in [-0.15, -0.1) is 11.3 Å². The summed E-state index contributed by atoms with van der Waals surface area (Å²) in [5.41, 5.74) is 0.816. The van der Waals surface area contributed by atoms with Gasteiger partial charge in [0.1, 0.15) is 4.21 Å². The van der Waals surface area contributed by atoms with Crippen LogP contribution in [-0.4, -0.2) is 39.0 Å². The van der Waals surface area contributed by atoms with E-state index < -0.39 is 21.9 Å². The summed E-state index contributed by atoms with van der Waals surface area (Å²) in [6, 6.07) is 7.90. The molecular formula is C16H16N2O5S2. The number of para-hydroxylation sites is 2. The van der Waals surface area contributed by atoms with E-state index in [1.807, 2.05) is 0 Å². The van der Waals surface area contributed by atoms with Crippen molar-refractivity contribution in [2.24, 2.45) is 5.92 Å². The van der Waals surface area contributed by atoms with Crippen LogP contribution < -0.4 is 9.21 Å². The van der Waals surface area contributed by atoms with Crippen molar-refractivity contribution < 1.29 is 23.1 Å². The number of hydrogen-bond acceptors (Lipinski definition) is 5. The maximum atomic E-state index is 13.1. The van der Waals surface area contributed by atoms with Crippen molar-refractivity contribution in [3.8, 4) is 0 Å². The van der Waals surface area contributed by atoms with E-state index in [1.165, 1.54) is 14.6 Å². The molecule has 25 heavy (non-hydrogen) atoms. The molecule has 0 saturated carbocycles. The second-order valence-corrected chi connectivity index (χ2v) is 8.78. The molecule has 1 aliphatic heterocycles. The molecule has 0 fully saturated rings. The molecule has 0 aliphatic carbocycles. The van der Waals surface area contributed by atoms with E-state index in [-0.39, 0.29) is 22.2 Å². The lowest BCUT2D eigenvalue weighted by atomic mass is 10.1. The summed E-state index contributed by atoms with van der Waals surface area (Å²) in [5.74, 6) is -1.90. The van der Waals surface area contributed by atoms with E-state index in [1.54, 1.807) is 38.2 Å². The lowest BCUT2D eigenvalue weighted by molar-refractivity contribution is -0.121. The molecule has 1 amide bonds. The molecule has 0 saturated heterocycles. The molecule has 0 radical (unpaired) electrons. The maximum absolute atomic E-state index is 13.1. The summed E-state index contributed by atoms with van der Waals surface area (Å²) in [5, 5.41) is 10.3. The Morgan fingerprint density at radius 3 is 2.52 bits per heavy atom. The Kier molecular flexibility index (Phi) is 4.29. The van der Waals surface area contributed by atoms with Crippen molar-refractivity contribution in [2.45, 2.75) is 11.1 Å². The third kappa shape index (κ3) is 2.89. The second-order valence-electron chi connectivity index (χ2n) is 5.78. The van der Waals surface area contributed by atoms with Gasteiger partial charge in [-0.3, -0.25) is 9.10 Å². The van der Waals surface area contributed by atoms with Crippen molar-refractivity contribution in [2.75, 3.05) is 22.8 Å². The molecule has 2 heterocycles. The zero-order chi connectivity index (χ0) is 18.4. The summed E-state index contributed by atoms with van der Waals surface area (Å²) in [4.78, 5) is 24.9. The van der Waals surface area contributed by atoms with Crippen LogP contribution in [0, 0.1) is 5.92 Å². The van der Waals surface area contributed by atoms with Gasteiger partial charge in [0.15, 0.2) is 0 Å². The Bertz CT molecular complexity index is 951. The van der Waals surface area contributed by atoms with Crippen LogP contribution in [0.15, 0.2) is 39.9 Å². The third-order valence-corrected chi connectivity index (χ3v) is 7.27. The SMILES string of the molecule is CC1CN(S(=O)(=O)c2cc(C(=O)O)cs2)c2ccccc2N(C)C1=O. The zero-order valence-corrected chi connectivity index (χ0v) is 15.2. The van der Waals surface area contributed by atoms with Crippen molar-refractivity contribution in [1.82, 2.24) is 0 Å². The number of carboxylic acid groups (broad SMARTS) is 1. The first-order valence-electron chi connectivity index (χ1n) is 7.44. The van der Waals surface area contributed by atoms with Gasteiger partial charge in [0.05, 0.1) is 22.9 Å². The van der Waals surface area contributed by atoms with Gasteiger partial charge in [-0.2, -0.15) is 0 Å². The largest absolute Gasteiger partial charge is 0.478 e. The highest BCUT2D eigenvalue weighted by molar-refractivity contribution is 7.94. The van der Waals surface area contributed by atoms with Gasteiger partial charge < -0.3 is 10.0 Å². The Balaban J connectivity index is 2.15. The first kappa shape index (κ1) is 17.4. The van der Waals surface area contributed by atoms with Gasteiger partial charge in [-0.05, 0) is 18.2 Å². The number of carbonyl (C=O) groups is 2. The van der Waals surface area contributed by atoms with Crippen molar-refractivity contribution >= 4 is 44.6 Å². The number of carbonyl (C=O) groups excluding carboxylic acids is 1. The minimum atomic E-state index is -3.98. The summed E-state index contributed by atoms with van der Waals surface area (Å²) in [7, 11) is -2.37. The molecule has 1 N–H and O–H groups in total. The molecule has 1 atom stereocenters. The number of sulfonamides is 1. The molecule has 1 aromatic carbocycles. The summed E-state index contributed by atoms with van der Waals surface area (Å²) in [6.07, 6.45) is 0. The van der Waals surface area contributed by atoms with Crippen molar-refractivity contribution in [3.05, 3.63) is 41.3 Å². The van der Waals surface area contributed by atoms with Crippen LogP contribution in [0.2, 0.25) is 0 Å². The highest BCUT2D eigenvalue weighted by atomic mass is 32.2. The summed E-state index contributed by atoms with van der Waals surface area (Å²) >= 11 is 0.854. The van der Waals surface area contributed by atoms with Crippen LogP contribution >= 0.6 is 11.3 Å². The van der Waals surface area contributed by atoms with Crippen LogP contribution in [0.5, 0.6) is 0 Å². The van der Waals surface area contributed by atoms with E-state index in [0.29, 0.717) is 11.4 Å². The molecule has 9 heteroatoms. The minimum Gasteiger partial charge on any atom is -0.478 e. The fourth-order valence-corrected chi connectivity index (χ4v) is 5.57. The molecule has 2 aromatic rings. The van der Waals surface area contributed by atoms with Crippen LogP contribution in [0.3, 0.4) is 0 Å². The number of carboxylic acids is 1. The Hall–Kier alpha value is -2.39. The van der Waals surface area contributed by atoms with E-state index in [2.05, 4.69) is 0 Å². The monoisotopic (exact) mass is 380 g/mol. The Morgan fingerprint density at radius 1 is 1.28 bits per heavy atom. The predicted molar refractivity (Wildman–Crippen MR) is 94.8 cm³/mol. The number of thiophene rings is 1. The fraction of sp³-hybridized carbons (Fsp3) is 0.250.